The minimum Gasteiger partial charge on any atom is -0.497 e. The third kappa shape index (κ3) is 11.7. The number of nitrogens with zero attached hydrogens (tertiary/aromatic N) is 1. The lowest BCUT2D eigenvalue weighted by atomic mass is 9.93. The number of alkyl halides is 5. The van der Waals surface area contributed by atoms with Gasteiger partial charge in [-0.1, -0.05) is 26.0 Å². The van der Waals surface area contributed by atoms with Gasteiger partial charge in [0.15, 0.2) is 9.84 Å². The van der Waals surface area contributed by atoms with Crippen LogP contribution in [0.5, 0.6) is 5.75 Å². The van der Waals surface area contributed by atoms with Crippen molar-refractivity contribution in [2.75, 3.05) is 20.2 Å². The molecule has 278 valence electrons. The highest BCUT2D eigenvalue weighted by molar-refractivity contribution is 7.91. The van der Waals surface area contributed by atoms with E-state index in [1.165, 1.54) is 52.1 Å². The van der Waals surface area contributed by atoms with Crippen molar-refractivity contribution >= 4 is 33.7 Å². The molecule has 0 radical (unpaired) electrons. The van der Waals surface area contributed by atoms with Crippen LogP contribution in [0.3, 0.4) is 0 Å². The van der Waals surface area contributed by atoms with Crippen LogP contribution < -0.4 is 20.7 Å². The lowest BCUT2D eigenvalue weighted by Gasteiger charge is -2.34. The van der Waals surface area contributed by atoms with E-state index in [4.69, 9.17) is 9.47 Å². The molecular weight excluding hydrogens is 687 g/mol. The zero-order valence-corrected chi connectivity index (χ0v) is 28.9. The Balaban J connectivity index is 2.39. The molecule has 19 heteroatoms. The number of aliphatic hydroxyl groups excluding tert-OH is 1. The van der Waals surface area contributed by atoms with Gasteiger partial charge in [0.1, 0.15) is 36.1 Å². The number of nitrogens with one attached hydrogen (secondary N) is 3. The highest BCUT2D eigenvalue weighted by Crippen LogP contribution is 2.30. The van der Waals surface area contributed by atoms with Crippen molar-refractivity contribution in [1.29, 1.82) is 0 Å². The predicted molar refractivity (Wildman–Crippen MR) is 165 cm³/mol. The van der Waals surface area contributed by atoms with Crippen molar-refractivity contribution in [3.63, 3.8) is 0 Å². The smallest absolute Gasteiger partial charge is 0.408 e. The van der Waals surface area contributed by atoms with Crippen LogP contribution in [0, 0.1) is 5.92 Å². The molecule has 3 unspecified atom stereocenters. The van der Waals surface area contributed by atoms with E-state index in [1.807, 2.05) is 0 Å². The Morgan fingerprint density at radius 3 is 2.06 bits per heavy atom. The number of ether oxygens (including phenoxy) is 2. The van der Waals surface area contributed by atoms with Gasteiger partial charge in [0.25, 0.3) is 5.91 Å². The SMILES string of the molecule is COc1ccc(CS(=O)(=O)[C@@H]2C[C@@H](C(=O)NC(C(C)C)C(O)C(F)(F)C(=O)NCC(F)(F)F)N(C(=O)C(C)NC(=O)OC(C)(C)C)C2)cc1. The second-order valence-electron chi connectivity index (χ2n) is 13.0. The van der Waals surface area contributed by atoms with Crippen LogP contribution in [0.4, 0.5) is 26.7 Å². The molecule has 0 bridgehead atoms. The molecular formula is C30H43F5N4O9S. The molecule has 4 amide bonds. The van der Waals surface area contributed by atoms with E-state index in [2.05, 4.69) is 10.6 Å². The first-order valence-corrected chi connectivity index (χ1v) is 16.9. The number of benzene rings is 1. The number of sulfone groups is 1. The van der Waals surface area contributed by atoms with E-state index < -0.39 is 112 Å². The van der Waals surface area contributed by atoms with Gasteiger partial charge in [0.2, 0.25) is 11.8 Å². The van der Waals surface area contributed by atoms with Crippen molar-refractivity contribution in [1.82, 2.24) is 20.9 Å². The molecule has 49 heavy (non-hydrogen) atoms. The first-order chi connectivity index (χ1) is 22.3. The first kappa shape index (κ1) is 41.4. The van der Waals surface area contributed by atoms with Gasteiger partial charge in [-0.15, -0.1) is 0 Å². The van der Waals surface area contributed by atoms with Crippen molar-refractivity contribution in [2.45, 2.75) is 101 Å². The van der Waals surface area contributed by atoms with Gasteiger partial charge in [-0.05, 0) is 57.7 Å². The minimum atomic E-state index is -5.03. The largest absolute Gasteiger partial charge is 0.497 e. The van der Waals surface area contributed by atoms with Crippen LogP contribution >= 0.6 is 0 Å². The number of carbonyl (C=O) groups excluding carboxylic acids is 4. The van der Waals surface area contributed by atoms with Gasteiger partial charge in [-0.25, -0.2) is 13.2 Å². The Morgan fingerprint density at radius 1 is 1.00 bits per heavy atom. The first-order valence-electron chi connectivity index (χ1n) is 15.1. The Kier molecular flexibility index (Phi) is 13.4. The molecule has 0 spiro atoms. The van der Waals surface area contributed by atoms with Crippen LogP contribution in [0.2, 0.25) is 0 Å². The molecule has 13 nitrogen and oxygen atoms in total. The molecule has 1 aromatic rings. The van der Waals surface area contributed by atoms with Crippen molar-refractivity contribution in [2.24, 2.45) is 5.92 Å². The van der Waals surface area contributed by atoms with Crippen LogP contribution in [-0.2, 0) is 34.7 Å². The van der Waals surface area contributed by atoms with Gasteiger partial charge >= 0.3 is 18.2 Å². The lowest BCUT2D eigenvalue weighted by molar-refractivity contribution is -0.175. The number of carbonyl (C=O) groups is 4. The van der Waals surface area contributed by atoms with E-state index >= 15 is 0 Å². The van der Waals surface area contributed by atoms with Crippen LogP contribution in [0.1, 0.15) is 53.5 Å². The van der Waals surface area contributed by atoms with Crippen molar-refractivity contribution < 1.29 is 64.1 Å². The number of alkyl carbamates (subject to hydrolysis) is 1. The van der Waals surface area contributed by atoms with E-state index in [-0.39, 0.29) is 0 Å². The topological polar surface area (TPSA) is 180 Å². The quantitative estimate of drug-likeness (QED) is 0.222. The van der Waals surface area contributed by atoms with Crippen molar-refractivity contribution in [3.8, 4) is 5.75 Å². The molecule has 0 aromatic heterocycles. The molecule has 2 rings (SSSR count). The average molecular weight is 731 g/mol. The number of aliphatic hydroxyl groups is 1. The summed E-state index contributed by atoms with van der Waals surface area (Å²) in [5.41, 5.74) is -0.581. The molecule has 5 atom stereocenters. The second-order valence-corrected chi connectivity index (χ2v) is 15.3. The number of amides is 4. The maximum Gasteiger partial charge on any atom is 0.408 e. The van der Waals surface area contributed by atoms with E-state index in [1.54, 1.807) is 20.8 Å². The summed E-state index contributed by atoms with van der Waals surface area (Å²) in [6, 6.07) is 1.13. The van der Waals surface area contributed by atoms with Crippen LogP contribution in [0.25, 0.3) is 0 Å². The van der Waals surface area contributed by atoms with Gasteiger partial charge < -0.3 is 35.4 Å². The summed E-state index contributed by atoms with van der Waals surface area (Å²) in [7, 11) is -2.67. The van der Waals surface area contributed by atoms with Gasteiger partial charge in [-0.3, -0.25) is 14.4 Å². The molecule has 1 aliphatic rings. The number of rotatable bonds is 13. The summed E-state index contributed by atoms with van der Waals surface area (Å²) in [4.78, 5) is 52.3. The van der Waals surface area contributed by atoms with Crippen LogP contribution in [-0.4, -0.2) is 110 Å². The molecule has 1 heterocycles. The van der Waals surface area contributed by atoms with Crippen molar-refractivity contribution in [3.05, 3.63) is 29.8 Å². The maximum atomic E-state index is 14.9. The molecule has 0 saturated carbocycles. The predicted octanol–water partition coefficient (Wildman–Crippen LogP) is 2.31. The Bertz CT molecular complexity index is 1450. The highest BCUT2D eigenvalue weighted by atomic mass is 32.2. The normalized spacial score (nSPS) is 19.1. The van der Waals surface area contributed by atoms with Gasteiger partial charge in [-0.2, -0.15) is 22.0 Å². The number of likely N-dealkylation sites (tertiary alicyclic amines) is 1. The third-order valence-electron chi connectivity index (χ3n) is 7.48. The molecule has 1 saturated heterocycles. The Hall–Kier alpha value is -3.74. The zero-order valence-electron chi connectivity index (χ0n) is 28.1. The molecule has 1 fully saturated rings. The summed E-state index contributed by atoms with van der Waals surface area (Å²) < 4.78 is 105. The standard InChI is InChI=1S/C30H43F5N4O9S/c1-16(2)22(23(40)30(34,35)26(43)36-15-29(31,32)33)38-24(41)21-12-20(49(45,46)14-18-8-10-19(47-7)11-9-18)13-39(21)25(42)17(3)37-27(44)48-28(4,5)6/h8-11,16-17,20-23,40H,12-15H2,1-7H3,(H,36,43)(H,37,44)(H,38,41)/t17?,20-,21+,22?,23?/m1/s1. The maximum absolute atomic E-state index is 14.9. The number of methoxy groups -OCH3 is 1. The van der Waals surface area contributed by atoms with Crippen LogP contribution in [0.15, 0.2) is 24.3 Å². The van der Waals surface area contributed by atoms with Gasteiger partial charge in [0.05, 0.1) is 24.2 Å². The summed E-state index contributed by atoms with van der Waals surface area (Å²) in [6.07, 6.45) is -9.57. The third-order valence-corrected chi connectivity index (χ3v) is 9.57. The minimum absolute atomic E-state index is 0.362. The Morgan fingerprint density at radius 2 is 1.57 bits per heavy atom. The monoisotopic (exact) mass is 730 g/mol. The number of hydrogen-bond acceptors (Lipinski definition) is 9. The fraction of sp³-hybridized carbons (Fsp3) is 0.667. The Labute approximate surface area is 281 Å². The lowest BCUT2D eigenvalue weighted by Crippen LogP contribution is -2.61. The molecule has 1 aliphatic heterocycles. The fourth-order valence-corrected chi connectivity index (χ4v) is 6.70. The highest BCUT2D eigenvalue weighted by Gasteiger charge is 2.53. The number of hydrogen-bond donors (Lipinski definition) is 4. The zero-order chi connectivity index (χ0) is 37.7. The van der Waals surface area contributed by atoms with E-state index in [0.29, 0.717) is 11.3 Å². The average Bonchev–Trinajstić information content (AvgIpc) is 3.43. The van der Waals surface area contributed by atoms with Gasteiger partial charge in [0, 0.05) is 6.54 Å². The summed E-state index contributed by atoms with van der Waals surface area (Å²) in [5.74, 6) is -10.5. The van der Waals surface area contributed by atoms with E-state index in [9.17, 15) is 54.7 Å². The van der Waals surface area contributed by atoms with E-state index in [0.717, 1.165) is 10.2 Å². The number of halogens is 5. The fourth-order valence-electron chi connectivity index (χ4n) is 4.95. The molecule has 1 aromatic carbocycles. The summed E-state index contributed by atoms with van der Waals surface area (Å²) >= 11 is 0. The summed E-state index contributed by atoms with van der Waals surface area (Å²) in [6.45, 7) is 5.86. The molecule has 0 aliphatic carbocycles. The second kappa shape index (κ2) is 15.9. The molecule has 4 N–H and O–H groups in total. The summed E-state index contributed by atoms with van der Waals surface area (Å²) in [5, 5.41) is 14.6.